The van der Waals surface area contributed by atoms with Crippen molar-refractivity contribution in [2.75, 3.05) is 15.8 Å². The van der Waals surface area contributed by atoms with E-state index in [-0.39, 0.29) is 22.8 Å². The van der Waals surface area contributed by atoms with Crippen molar-refractivity contribution in [2.45, 2.75) is 13.1 Å². The fourth-order valence-electron chi connectivity index (χ4n) is 2.26. The summed E-state index contributed by atoms with van der Waals surface area (Å²) in [6.07, 6.45) is -4.95. The number of anilines is 3. The molecule has 1 aromatic carbocycles. The zero-order valence-corrected chi connectivity index (χ0v) is 17.0. The number of aromatic nitrogens is 1. The summed E-state index contributed by atoms with van der Waals surface area (Å²) in [4.78, 5) is 12.1. The van der Waals surface area contributed by atoms with E-state index in [2.05, 4.69) is 5.32 Å². The van der Waals surface area contributed by atoms with Gasteiger partial charge in [-0.05, 0) is 53.8 Å². The summed E-state index contributed by atoms with van der Waals surface area (Å²) in [6, 6.07) is 5.20. The minimum atomic E-state index is -4.95. The summed E-state index contributed by atoms with van der Waals surface area (Å²) < 4.78 is 78.5. The average molecular weight is 519 g/mol. The number of benzene rings is 1. The molecule has 0 aliphatic carbocycles. The molecule has 1 aromatic heterocycles. The van der Waals surface area contributed by atoms with Gasteiger partial charge in [0.05, 0.1) is 11.4 Å². The molecule has 2 aromatic rings. The van der Waals surface area contributed by atoms with Gasteiger partial charge < -0.3 is 5.32 Å². The Hall–Kier alpha value is -1.83. The van der Waals surface area contributed by atoms with E-state index in [1.165, 1.54) is 26.1 Å². The molecule has 148 valence electrons. The first-order valence-corrected chi connectivity index (χ1v) is 10.0. The van der Waals surface area contributed by atoms with Crippen LogP contribution in [0, 0.1) is 16.3 Å². The molecular formula is C15H14F4IN3O3S. The number of alkyl halides is 3. The summed E-state index contributed by atoms with van der Waals surface area (Å²) in [6.45, 7) is 1.37. The topological polar surface area (TPSA) is 80.2 Å². The second-order valence-electron chi connectivity index (χ2n) is 5.68. The van der Waals surface area contributed by atoms with Crippen molar-refractivity contribution >= 4 is 49.8 Å². The van der Waals surface area contributed by atoms with Gasteiger partial charge in [0.25, 0.3) is 5.56 Å². The van der Waals surface area contributed by atoms with Crippen LogP contribution in [0.1, 0.15) is 5.56 Å². The van der Waals surface area contributed by atoms with Gasteiger partial charge in [-0.3, -0.25) is 14.1 Å². The van der Waals surface area contributed by atoms with Crippen LogP contribution >= 0.6 is 22.6 Å². The van der Waals surface area contributed by atoms with Gasteiger partial charge >= 0.3 is 6.18 Å². The van der Waals surface area contributed by atoms with Crippen LogP contribution in [-0.4, -0.2) is 24.9 Å². The van der Waals surface area contributed by atoms with E-state index >= 15 is 0 Å². The molecule has 0 radical (unpaired) electrons. The third-order valence-corrected chi connectivity index (χ3v) is 5.31. The third-order valence-electron chi connectivity index (χ3n) is 3.40. The molecule has 0 aliphatic rings. The molecule has 0 amide bonds. The van der Waals surface area contributed by atoms with Gasteiger partial charge in [-0.15, -0.1) is 0 Å². The summed E-state index contributed by atoms with van der Waals surface area (Å²) in [7, 11) is -3.51. The fourth-order valence-corrected chi connectivity index (χ4v) is 3.71. The van der Waals surface area contributed by atoms with Gasteiger partial charge in [0.15, 0.2) is 5.75 Å². The van der Waals surface area contributed by atoms with Crippen LogP contribution in [0.25, 0.3) is 0 Å². The van der Waals surface area contributed by atoms with Gasteiger partial charge in [-0.1, -0.05) is 0 Å². The summed E-state index contributed by atoms with van der Waals surface area (Å²) in [5.41, 5.74) is -0.819. The van der Waals surface area contributed by atoms with Crippen molar-refractivity contribution in [1.82, 2.24) is 4.57 Å². The molecule has 0 atom stereocenters. The summed E-state index contributed by atoms with van der Waals surface area (Å²) in [5, 5.41) is 2.57. The Bertz CT molecular complexity index is 1040. The standard InChI is InChI=1S/C15H14F4IN3O3S/c1-8-5-12(22-27(25,26)7-15(17,18)19)13(23(2)14(8)24)21-11-4-3-9(20)6-10(11)16/h3-6,21-22H,7H2,1-2H3. The molecule has 0 bridgehead atoms. The van der Waals surface area contributed by atoms with Gasteiger partial charge in [-0.2, -0.15) is 13.2 Å². The predicted octanol–water partition coefficient (Wildman–Crippen LogP) is 3.49. The highest BCUT2D eigenvalue weighted by Crippen LogP contribution is 2.28. The van der Waals surface area contributed by atoms with Crippen LogP contribution in [-0.2, 0) is 17.1 Å². The molecule has 6 nitrogen and oxygen atoms in total. The lowest BCUT2D eigenvalue weighted by Gasteiger charge is -2.19. The molecule has 1 heterocycles. The number of sulfonamides is 1. The van der Waals surface area contributed by atoms with Gasteiger partial charge in [0, 0.05) is 16.2 Å². The molecule has 12 heteroatoms. The number of halogens is 5. The third kappa shape index (κ3) is 5.57. The molecule has 0 fully saturated rings. The van der Waals surface area contributed by atoms with E-state index < -0.39 is 33.3 Å². The smallest absolute Gasteiger partial charge is 0.337 e. The number of aryl methyl sites for hydroxylation is 1. The van der Waals surface area contributed by atoms with Gasteiger partial charge in [-0.25, -0.2) is 12.8 Å². The molecule has 0 aliphatic heterocycles. The van der Waals surface area contributed by atoms with Crippen LogP contribution in [0.3, 0.4) is 0 Å². The number of hydrogen-bond acceptors (Lipinski definition) is 4. The van der Waals surface area contributed by atoms with E-state index in [1.54, 1.807) is 6.07 Å². The molecule has 2 rings (SSSR count). The van der Waals surface area contributed by atoms with Gasteiger partial charge in [0.1, 0.15) is 11.6 Å². The lowest BCUT2D eigenvalue weighted by Crippen LogP contribution is -2.30. The lowest BCUT2D eigenvalue weighted by atomic mass is 10.2. The minimum absolute atomic E-state index is 0.0782. The second kappa shape index (κ2) is 7.66. The normalized spacial score (nSPS) is 12.1. The molecule has 2 N–H and O–H groups in total. The van der Waals surface area contributed by atoms with Crippen LogP contribution in [0.4, 0.5) is 34.8 Å². The Morgan fingerprint density at radius 1 is 1.19 bits per heavy atom. The minimum Gasteiger partial charge on any atom is -0.337 e. The molecule has 0 spiro atoms. The Kier molecular flexibility index (Phi) is 6.09. The van der Waals surface area contributed by atoms with E-state index in [0.717, 1.165) is 10.6 Å². The average Bonchev–Trinajstić information content (AvgIpc) is 2.48. The number of nitrogens with zero attached hydrogens (tertiary/aromatic N) is 1. The van der Waals surface area contributed by atoms with Crippen molar-refractivity contribution < 1.29 is 26.0 Å². The van der Waals surface area contributed by atoms with Crippen molar-refractivity contribution in [3.8, 4) is 0 Å². The van der Waals surface area contributed by atoms with Crippen LogP contribution in [0.5, 0.6) is 0 Å². The first kappa shape index (κ1) is 21.5. The maximum Gasteiger partial charge on any atom is 0.404 e. The van der Waals surface area contributed by atoms with E-state index in [1.807, 2.05) is 27.3 Å². The maximum absolute atomic E-state index is 14.1. The van der Waals surface area contributed by atoms with Crippen molar-refractivity contribution in [3.63, 3.8) is 0 Å². The number of rotatable bonds is 5. The van der Waals surface area contributed by atoms with E-state index in [9.17, 15) is 30.8 Å². The Balaban J connectivity index is 2.53. The molecule has 27 heavy (non-hydrogen) atoms. The van der Waals surface area contributed by atoms with Crippen molar-refractivity contribution in [1.29, 1.82) is 0 Å². The number of nitrogens with one attached hydrogen (secondary N) is 2. The molecule has 0 unspecified atom stereocenters. The quantitative estimate of drug-likeness (QED) is 0.469. The predicted molar refractivity (Wildman–Crippen MR) is 102 cm³/mol. The number of pyridine rings is 1. The summed E-state index contributed by atoms with van der Waals surface area (Å²) in [5.74, 6) is -2.98. The Labute approximate surface area is 165 Å². The van der Waals surface area contributed by atoms with Crippen molar-refractivity contribution in [2.24, 2.45) is 7.05 Å². The first-order chi connectivity index (χ1) is 12.3. The van der Waals surface area contributed by atoms with Crippen LogP contribution < -0.4 is 15.6 Å². The van der Waals surface area contributed by atoms with E-state index in [0.29, 0.717) is 3.57 Å². The molecule has 0 saturated heterocycles. The summed E-state index contributed by atoms with van der Waals surface area (Å²) >= 11 is 1.89. The maximum atomic E-state index is 14.1. The zero-order valence-electron chi connectivity index (χ0n) is 14.0. The Morgan fingerprint density at radius 2 is 1.81 bits per heavy atom. The highest BCUT2D eigenvalue weighted by atomic mass is 127. The highest BCUT2D eigenvalue weighted by Gasteiger charge is 2.35. The zero-order chi connectivity index (χ0) is 20.6. The van der Waals surface area contributed by atoms with E-state index in [4.69, 9.17) is 0 Å². The lowest BCUT2D eigenvalue weighted by molar-refractivity contribution is -0.106. The number of hydrogen-bond donors (Lipinski definition) is 2. The monoisotopic (exact) mass is 519 g/mol. The second-order valence-corrected chi connectivity index (χ2v) is 8.65. The van der Waals surface area contributed by atoms with Crippen LogP contribution in [0.2, 0.25) is 0 Å². The molecule has 0 saturated carbocycles. The largest absolute Gasteiger partial charge is 0.404 e. The Morgan fingerprint density at radius 3 is 2.37 bits per heavy atom. The van der Waals surface area contributed by atoms with Crippen LogP contribution in [0.15, 0.2) is 29.1 Å². The molecular weight excluding hydrogens is 505 g/mol. The van der Waals surface area contributed by atoms with Gasteiger partial charge in [0.2, 0.25) is 10.0 Å². The highest BCUT2D eigenvalue weighted by molar-refractivity contribution is 14.1. The first-order valence-electron chi connectivity index (χ1n) is 7.29. The fraction of sp³-hybridized carbons (Fsp3) is 0.267. The van der Waals surface area contributed by atoms with Crippen molar-refractivity contribution in [3.05, 3.63) is 49.6 Å². The SMILES string of the molecule is Cc1cc(NS(=O)(=O)CC(F)(F)F)c(Nc2ccc(I)cc2F)n(C)c1=O.